The highest BCUT2D eigenvalue weighted by molar-refractivity contribution is 5.90. The summed E-state index contributed by atoms with van der Waals surface area (Å²) in [6.07, 6.45) is 1.58. The molecule has 0 saturated carbocycles. The number of hydrogen-bond acceptors (Lipinski definition) is 3. The molecule has 2 heterocycles. The fraction of sp³-hybridized carbons (Fsp3) is 0.500. The number of aliphatic imine (C=N–C) groups is 1. The van der Waals surface area contributed by atoms with Crippen molar-refractivity contribution >= 4 is 12.2 Å². The van der Waals surface area contributed by atoms with Gasteiger partial charge in [0.1, 0.15) is 13.2 Å². The number of hydrogen-bond donors (Lipinski definition) is 0. The molecule has 0 aromatic rings. The number of ether oxygens (including phenoxy) is 1. The molecule has 2 aliphatic heterocycles. The first-order valence-electron chi connectivity index (χ1n) is 3.14. The maximum atomic E-state index is 11.0. The van der Waals surface area contributed by atoms with Crippen molar-refractivity contribution in [2.45, 2.75) is 6.04 Å². The number of amides is 1. The molecule has 1 atom stereocenters. The van der Waals surface area contributed by atoms with E-state index in [1.807, 2.05) is 0 Å². The van der Waals surface area contributed by atoms with E-state index in [-0.39, 0.29) is 18.6 Å². The lowest BCUT2D eigenvalue weighted by molar-refractivity contribution is -0.136. The van der Waals surface area contributed by atoms with E-state index < -0.39 is 0 Å². The van der Waals surface area contributed by atoms with Gasteiger partial charge in [-0.25, -0.2) is 0 Å². The molecule has 2 aliphatic rings. The predicted molar refractivity (Wildman–Crippen MR) is 34.2 cm³/mol. The van der Waals surface area contributed by atoms with Crippen LogP contribution in [0.4, 0.5) is 0 Å². The molecule has 1 saturated heterocycles. The van der Waals surface area contributed by atoms with Gasteiger partial charge >= 0.3 is 0 Å². The summed E-state index contributed by atoms with van der Waals surface area (Å²) in [5, 5.41) is 0. The predicted octanol–water partition coefficient (Wildman–Crippen LogP) is -0.583. The minimum atomic E-state index is -0.00579. The monoisotopic (exact) mass is 139 g/mol. The van der Waals surface area contributed by atoms with E-state index in [1.54, 1.807) is 17.8 Å². The molecule has 4 heteroatoms. The van der Waals surface area contributed by atoms with E-state index in [4.69, 9.17) is 4.74 Å². The summed E-state index contributed by atoms with van der Waals surface area (Å²) >= 11 is 0. The third kappa shape index (κ3) is 0.724. The van der Waals surface area contributed by atoms with E-state index in [2.05, 4.69) is 4.99 Å². The lowest BCUT2D eigenvalue weighted by Gasteiger charge is -2.25. The number of nitrogens with zero attached hydrogens (tertiary/aromatic N) is 2. The maximum absolute atomic E-state index is 11.0. The Labute approximate surface area is 58.5 Å². The number of carbonyl (C=O) groups excluding carboxylic acids is 1. The molecule has 2 rings (SSSR count). The number of fused-ring (bicyclic) bond motifs is 1. The van der Waals surface area contributed by atoms with Gasteiger partial charge in [-0.2, -0.15) is 0 Å². The Bertz CT molecular complexity index is 190. The van der Waals surface area contributed by atoms with E-state index in [9.17, 15) is 4.79 Å². The average molecular weight is 139 g/mol. The zero-order valence-electron chi connectivity index (χ0n) is 5.36. The minimum Gasteiger partial charge on any atom is -0.363 e. The Hall–Kier alpha value is -0.900. The van der Waals surface area contributed by atoms with E-state index in [1.165, 1.54) is 0 Å². The standard InChI is InChI=1S/C6H7N2O2/c9-6-3-10-2-5-1-7-4-8(5)6/h2,4-5H,1,3H2. The number of carbonyl (C=O) groups is 1. The van der Waals surface area contributed by atoms with Crippen LogP contribution in [-0.4, -0.2) is 36.3 Å². The van der Waals surface area contributed by atoms with Crippen LogP contribution in [0.3, 0.4) is 0 Å². The van der Waals surface area contributed by atoms with Gasteiger partial charge in [0.25, 0.3) is 5.91 Å². The molecule has 0 aromatic heterocycles. The van der Waals surface area contributed by atoms with Crippen LogP contribution in [0, 0.1) is 6.61 Å². The Morgan fingerprint density at radius 1 is 1.80 bits per heavy atom. The van der Waals surface area contributed by atoms with Crippen molar-refractivity contribution in [3.05, 3.63) is 6.61 Å². The molecule has 0 N–H and O–H groups in total. The van der Waals surface area contributed by atoms with Crippen LogP contribution in [0.2, 0.25) is 0 Å². The minimum absolute atomic E-state index is 0.00579. The van der Waals surface area contributed by atoms with Crippen molar-refractivity contribution in [3.8, 4) is 0 Å². The summed E-state index contributed by atoms with van der Waals surface area (Å²) in [6.45, 7) is 2.46. The molecular weight excluding hydrogens is 132 g/mol. The molecule has 0 bridgehead atoms. The Kier molecular flexibility index (Phi) is 1.20. The summed E-state index contributed by atoms with van der Waals surface area (Å²) in [5.41, 5.74) is 0. The first-order chi connectivity index (χ1) is 4.88. The van der Waals surface area contributed by atoms with Crippen molar-refractivity contribution < 1.29 is 9.53 Å². The third-order valence-electron chi connectivity index (χ3n) is 1.60. The topological polar surface area (TPSA) is 41.9 Å². The molecule has 1 unspecified atom stereocenters. The highest BCUT2D eigenvalue weighted by atomic mass is 16.5. The van der Waals surface area contributed by atoms with Gasteiger partial charge in [-0.1, -0.05) is 0 Å². The second kappa shape index (κ2) is 2.05. The maximum Gasteiger partial charge on any atom is 0.254 e. The molecule has 10 heavy (non-hydrogen) atoms. The number of morpholine rings is 1. The van der Waals surface area contributed by atoms with Crippen LogP contribution < -0.4 is 0 Å². The first-order valence-corrected chi connectivity index (χ1v) is 3.14. The van der Waals surface area contributed by atoms with E-state index in [0.29, 0.717) is 6.54 Å². The van der Waals surface area contributed by atoms with Gasteiger partial charge in [0.05, 0.1) is 18.9 Å². The largest absolute Gasteiger partial charge is 0.363 e. The van der Waals surface area contributed by atoms with Gasteiger partial charge in [-0.3, -0.25) is 14.7 Å². The lowest BCUT2D eigenvalue weighted by Crippen LogP contribution is -2.44. The van der Waals surface area contributed by atoms with Crippen molar-refractivity contribution in [3.63, 3.8) is 0 Å². The summed E-state index contributed by atoms with van der Waals surface area (Å²) < 4.78 is 4.90. The fourth-order valence-electron chi connectivity index (χ4n) is 1.08. The lowest BCUT2D eigenvalue weighted by atomic mass is 10.2. The van der Waals surface area contributed by atoms with Gasteiger partial charge in [-0.15, -0.1) is 0 Å². The van der Waals surface area contributed by atoms with Gasteiger partial charge in [0.2, 0.25) is 0 Å². The average Bonchev–Trinajstić information content (AvgIpc) is 2.36. The van der Waals surface area contributed by atoms with Crippen LogP contribution in [0.5, 0.6) is 0 Å². The normalized spacial score (nSPS) is 31.0. The van der Waals surface area contributed by atoms with Crippen molar-refractivity contribution in [2.24, 2.45) is 4.99 Å². The highest BCUT2D eigenvalue weighted by Crippen LogP contribution is 2.13. The van der Waals surface area contributed by atoms with Gasteiger partial charge < -0.3 is 4.74 Å². The van der Waals surface area contributed by atoms with Crippen LogP contribution in [0.15, 0.2) is 4.99 Å². The summed E-state index contributed by atoms with van der Waals surface area (Å²) in [4.78, 5) is 16.5. The van der Waals surface area contributed by atoms with Crippen LogP contribution in [0.25, 0.3) is 0 Å². The van der Waals surface area contributed by atoms with Gasteiger partial charge in [0, 0.05) is 0 Å². The number of rotatable bonds is 0. The van der Waals surface area contributed by atoms with Crippen molar-refractivity contribution in [1.82, 2.24) is 4.90 Å². The Morgan fingerprint density at radius 3 is 3.50 bits per heavy atom. The molecule has 4 nitrogen and oxygen atoms in total. The van der Waals surface area contributed by atoms with Gasteiger partial charge in [0.15, 0.2) is 0 Å². The molecule has 0 aliphatic carbocycles. The molecule has 0 aromatic carbocycles. The second-order valence-corrected chi connectivity index (χ2v) is 2.30. The quantitative estimate of drug-likeness (QED) is 0.450. The molecule has 1 fully saturated rings. The van der Waals surface area contributed by atoms with Crippen molar-refractivity contribution in [2.75, 3.05) is 13.2 Å². The van der Waals surface area contributed by atoms with Crippen LogP contribution in [0.1, 0.15) is 0 Å². The van der Waals surface area contributed by atoms with Crippen LogP contribution in [-0.2, 0) is 9.53 Å². The SMILES string of the molecule is O=C1CO[CH]C2CN=CN12. The zero-order valence-corrected chi connectivity index (χ0v) is 5.36. The van der Waals surface area contributed by atoms with E-state index >= 15 is 0 Å². The second-order valence-electron chi connectivity index (χ2n) is 2.30. The molecule has 1 amide bonds. The Morgan fingerprint density at radius 2 is 2.70 bits per heavy atom. The summed E-state index contributed by atoms with van der Waals surface area (Å²) in [5.74, 6) is -0.00579. The highest BCUT2D eigenvalue weighted by Gasteiger charge is 2.30. The zero-order chi connectivity index (χ0) is 6.97. The molecular formula is C6H7N2O2. The smallest absolute Gasteiger partial charge is 0.254 e. The molecule has 53 valence electrons. The molecule has 1 radical (unpaired) electrons. The van der Waals surface area contributed by atoms with Gasteiger partial charge in [-0.05, 0) is 0 Å². The summed E-state index contributed by atoms with van der Waals surface area (Å²) in [6, 6.07) is 0.0567. The third-order valence-corrected chi connectivity index (χ3v) is 1.60. The van der Waals surface area contributed by atoms with Crippen molar-refractivity contribution in [1.29, 1.82) is 0 Å². The fourth-order valence-corrected chi connectivity index (χ4v) is 1.08. The van der Waals surface area contributed by atoms with E-state index in [0.717, 1.165) is 0 Å². The first kappa shape index (κ1) is 5.85. The molecule has 0 spiro atoms. The van der Waals surface area contributed by atoms with Crippen LogP contribution >= 0.6 is 0 Å². The summed E-state index contributed by atoms with van der Waals surface area (Å²) in [7, 11) is 0. The Balaban J connectivity index is 2.16.